The van der Waals surface area contributed by atoms with Crippen LogP contribution in [0.15, 0.2) is 29.0 Å². The predicted molar refractivity (Wildman–Crippen MR) is 65.6 cm³/mol. The van der Waals surface area contributed by atoms with E-state index in [1.165, 1.54) is 5.56 Å². The van der Waals surface area contributed by atoms with Crippen LogP contribution in [-0.2, 0) is 13.0 Å². The molecule has 0 aromatic carbocycles. The van der Waals surface area contributed by atoms with Crippen molar-refractivity contribution >= 4 is 0 Å². The Balaban J connectivity index is 1.77. The molecule has 0 spiro atoms. The fourth-order valence-corrected chi connectivity index (χ4v) is 1.75. The highest BCUT2D eigenvalue weighted by molar-refractivity contribution is 5.20. The zero-order valence-corrected chi connectivity index (χ0v) is 10.2. The average Bonchev–Trinajstić information content (AvgIpc) is 2.67. The molecule has 2 aromatic rings. The van der Waals surface area contributed by atoms with Gasteiger partial charge in [0.15, 0.2) is 0 Å². The molecule has 17 heavy (non-hydrogen) atoms. The normalized spacial score (nSPS) is 10.7. The van der Waals surface area contributed by atoms with Gasteiger partial charge in [0, 0.05) is 24.5 Å². The van der Waals surface area contributed by atoms with E-state index in [1.54, 1.807) is 6.20 Å². The van der Waals surface area contributed by atoms with Crippen LogP contribution in [0.2, 0.25) is 0 Å². The van der Waals surface area contributed by atoms with E-state index in [2.05, 4.69) is 21.5 Å². The van der Waals surface area contributed by atoms with Gasteiger partial charge in [0.05, 0.1) is 5.69 Å². The van der Waals surface area contributed by atoms with E-state index in [4.69, 9.17) is 4.52 Å². The van der Waals surface area contributed by atoms with Gasteiger partial charge in [-0.15, -0.1) is 0 Å². The molecular formula is C13H17N3O. The topological polar surface area (TPSA) is 51.0 Å². The van der Waals surface area contributed by atoms with Gasteiger partial charge >= 0.3 is 0 Å². The number of nitrogens with one attached hydrogen (secondary N) is 1. The Morgan fingerprint density at radius 3 is 2.88 bits per heavy atom. The number of aryl methyl sites for hydroxylation is 2. The first kappa shape index (κ1) is 11.8. The zero-order valence-electron chi connectivity index (χ0n) is 10.2. The highest BCUT2D eigenvalue weighted by Crippen LogP contribution is 2.11. The Bertz CT molecular complexity index is 445. The van der Waals surface area contributed by atoms with E-state index in [9.17, 15) is 0 Å². The molecule has 0 radical (unpaired) electrons. The van der Waals surface area contributed by atoms with E-state index in [-0.39, 0.29) is 0 Å². The van der Waals surface area contributed by atoms with Crippen LogP contribution in [0.25, 0.3) is 0 Å². The third kappa shape index (κ3) is 3.14. The molecule has 0 unspecified atom stereocenters. The molecule has 0 aliphatic carbocycles. The maximum Gasteiger partial charge on any atom is 0.138 e. The van der Waals surface area contributed by atoms with Gasteiger partial charge in [-0.3, -0.25) is 4.98 Å². The molecule has 0 fully saturated rings. The summed E-state index contributed by atoms with van der Waals surface area (Å²) in [6.07, 6.45) is 4.68. The van der Waals surface area contributed by atoms with Crippen molar-refractivity contribution in [3.05, 3.63) is 47.1 Å². The third-order valence-electron chi connectivity index (χ3n) is 2.80. The largest absolute Gasteiger partial charge is 0.361 e. The summed E-state index contributed by atoms with van der Waals surface area (Å²) < 4.78 is 5.11. The molecule has 0 amide bonds. The van der Waals surface area contributed by atoms with Gasteiger partial charge in [0.25, 0.3) is 0 Å². The van der Waals surface area contributed by atoms with Crippen LogP contribution in [0.1, 0.15) is 22.6 Å². The monoisotopic (exact) mass is 231 g/mol. The van der Waals surface area contributed by atoms with Gasteiger partial charge in [-0.1, -0.05) is 11.2 Å². The molecule has 0 saturated carbocycles. The van der Waals surface area contributed by atoms with Gasteiger partial charge in [0.1, 0.15) is 5.76 Å². The SMILES string of the molecule is Cc1noc(C)c1CNCCc1cccnc1. The Labute approximate surface area is 101 Å². The van der Waals surface area contributed by atoms with Crippen molar-refractivity contribution in [1.82, 2.24) is 15.5 Å². The summed E-state index contributed by atoms with van der Waals surface area (Å²) in [4.78, 5) is 4.09. The van der Waals surface area contributed by atoms with Crippen LogP contribution in [0.5, 0.6) is 0 Å². The maximum atomic E-state index is 5.11. The van der Waals surface area contributed by atoms with E-state index in [0.29, 0.717) is 0 Å². The number of rotatable bonds is 5. The predicted octanol–water partition coefficient (Wildman–Crippen LogP) is 2.02. The molecular weight excluding hydrogens is 214 g/mol. The summed E-state index contributed by atoms with van der Waals surface area (Å²) in [7, 11) is 0. The Morgan fingerprint density at radius 2 is 2.24 bits per heavy atom. The molecule has 2 rings (SSSR count). The minimum atomic E-state index is 0.807. The lowest BCUT2D eigenvalue weighted by atomic mass is 10.2. The van der Waals surface area contributed by atoms with Crippen LogP contribution in [0.4, 0.5) is 0 Å². The highest BCUT2D eigenvalue weighted by atomic mass is 16.5. The highest BCUT2D eigenvalue weighted by Gasteiger charge is 2.07. The Kier molecular flexibility index (Phi) is 3.88. The molecule has 4 nitrogen and oxygen atoms in total. The lowest BCUT2D eigenvalue weighted by molar-refractivity contribution is 0.392. The standard InChI is InChI=1S/C13H17N3O/c1-10-13(11(2)17-16-10)9-15-7-5-12-4-3-6-14-8-12/h3-4,6,8,15H,5,7,9H2,1-2H3. The summed E-state index contributed by atoms with van der Waals surface area (Å²) in [6, 6.07) is 4.05. The number of hydrogen-bond donors (Lipinski definition) is 1. The van der Waals surface area contributed by atoms with Crippen molar-refractivity contribution in [2.45, 2.75) is 26.8 Å². The molecule has 90 valence electrons. The van der Waals surface area contributed by atoms with Gasteiger partial charge < -0.3 is 9.84 Å². The summed E-state index contributed by atoms with van der Waals surface area (Å²) in [5, 5.41) is 7.32. The molecule has 1 N–H and O–H groups in total. The van der Waals surface area contributed by atoms with Crippen LogP contribution in [0, 0.1) is 13.8 Å². The van der Waals surface area contributed by atoms with Crippen LogP contribution in [-0.4, -0.2) is 16.7 Å². The number of hydrogen-bond acceptors (Lipinski definition) is 4. The van der Waals surface area contributed by atoms with Crippen molar-refractivity contribution in [3.63, 3.8) is 0 Å². The molecule has 4 heteroatoms. The molecule has 0 aliphatic heterocycles. The maximum absolute atomic E-state index is 5.11. The minimum Gasteiger partial charge on any atom is -0.361 e. The fraction of sp³-hybridized carbons (Fsp3) is 0.385. The van der Waals surface area contributed by atoms with Crippen LogP contribution >= 0.6 is 0 Å². The van der Waals surface area contributed by atoms with Crippen LogP contribution in [0.3, 0.4) is 0 Å². The van der Waals surface area contributed by atoms with Crippen molar-refractivity contribution < 1.29 is 4.52 Å². The molecule has 0 aliphatic rings. The summed E-state index contributed by atoms with van der Waals surface area (Å²) in [5.41, 5.74) is 3.38. The molecule has 0 saturated heterocycles. The second-order valence-corrected chi connectivity index (χ2v) is 4.09. The quantitative estimate of drug-likeness (QED) is 0.800. The summed E-state index contributed by atoms with van der Waals surface area (Å²) >= 11 is 0. The summed E-state index contributed by atoms with van der Waals surface area (Å²) in [5.74, 6) is 0.899. The number of aromatic nitrogens is 2. The minimum absolute atomic E-state index is 0.807. The lowest BCUT2D eigenvalue weighted by Crippen LogP contribution is -2.17. The van der Waals surface area contributed by atoms with E-state index in [0.717, 1.165) is 36.5 Å². The Hall–Kier alpha value is -1.68. The van der Waals surface area contributed by atoms with Crippen molar-refractivity contribution in [1.29, 1.82) is 0 Å². The first-order chi connectivity index (χ1) is 8.27. The van der Waals surface area contributed by atoms with Crippen molar-refractivity contribution in [2.75, 3.05) is 6.54 Å². The fourth-order valence-electron chi connectivity index (χ4n) is 1.75. The first-order valence-electron chi connectivity index (χ1n) is 5.78. The van der Waals surface area contributed by atoms with E-state index >= 15 is 0 Å². The third-order valence-corrected chi connectivity index (χ3v) is 2.80. The number of nitrogens with zero attached hydrogens (tertiary/aromatic N) is 2. The smallest absolute Gasteiger partial charge is 0.138 e. The molecule has 0 bridgehead atoms. The van der Waals surface area contributed by atoms with Gasteiger partial charge in [0.2, 0.25) is 0 Å². The Morgan fingerprint density at radius 1 is 1.35 bits per heavy atom. The number of pyridine rings is 1. The lowest BCUT2D eigenvalue weighted by Gasteiger charge is -2.04. The summed E-state index contributed by atoms with van der Waals surface area (Å²) in [6.45, 7) is 5.64. The second kappa shape index (κ2) is 5.59. The molecule has 2 heterocycles. The van der Waals surface area contributed by atoms with Gasteiger partial charge in [-0.2, -0.15) is 0 Å². The second-order valence-electron chi connectivity index (χ2n) is 4.09. The van der Waals surface area contributed by atoms with Gasteiger partial charge in [-0.05, 0) is 38.4 Å². The van der Waals surface area contributed by atoms with E-state index in [1.807, 2.05) is 26.1 Å². The first-order valence-corrected chi connectivity index (χ1v) is 5.78. The van der Waals surface area contributed by atoms with E-state index < -0.39 is 0 Å². The average molecular weight is 231 g/mol. The van der Waals surface area contributed by atoms with Crippen LogP contribution < -0.4 is 5.32 Å². The van der Waals surface area contributed by atoms with Crippen molar-refractivity contribution in [3.8, 4) is 0 Å². The van der Waals surface area contributed by atoms with Gasteiger partial charge in [-0.25, -0.2) is 0 Å². The molecule has 0 atom stereocenters. The van der Waals surface area contributed by atoms with Crippen molar-refractivity contribution in [2.24, 2.45) is 0 Å². The zero-order chi connectivity index (χ0) is 12.1. The molecule has 2 aromatic heterocycles.